The Morgan fingerprint density at radius 1 is 1.03 bits per heavy atom. The van der Waals surface area contributed by atoms with Crippen molar-refractivity contribution in [2.75, 3.05) is 24.3 Å². The zero-order chi connectivity index (χ0) is 22.7. The summed E-state index contributed by atoms with van der Waals surface area (Å²) in [4.78, 5) is 39.3. The molecule has 164 valence electrons. The van der Waals surface area contributed by atoms with Crippen LogP contribution in [0, 0.1) is 0 Å². The minimum Gasteiger partial charge on any atom is -0.468 e. The van der Waals surface area contributed by atoms with Crippen molar-refractivity contribution in [2.24, 2.45) is 5.73 Å². The lowest BCUT2D eigenvalue weighted by Crippen LogP contribution is -2.37. The maximum atomic E-state index is 12.2. The number of para-hydroxylation sites is 2. The molecule has 0 aliphatic heterocycles. The SMILES string of the molecule is COC(=O)[C@@H](N)Cc1ccccc1Nc1c(NCCc2c[nH]c3ccccc23)c(=O)c1=O. The summed E-state index contributed by atoms with van der Waals surface area (Å²) in [5.74, 6) is -0.520. The average Bonchev–Trinajstić information content (AvgIpc) is 3.23. The number of methoxy groups -OCH3 is 1. The number of anilines is 3. The standard InChI is InChI=1S/C24H24N4O4/c1-32-24(31)17(25)12-14-6-2-4-8-18(14)28-21-20(22(29)23(21)30)26-11-10-15-13-27-19-9-5-3-7-16(15)19/h2-9,13,17,26-28H,10-12,25H2,1H3/t17-/m0/s1. The van der Waals surface area contributed by atoms with Crippen molar-refractivity contribution in [3.05, 3.63) is 86.3 Å². The summed E-state index contributed by atoms with van der Waals surface area (Å²) in [5, 5.41) is 7.27. The van der Waals surface area contributed by atoms with E-state index < -0.39 is 22.9 Å². The number of hydrogen-bond donors (Lipinski definition) is 4. The molecule has 1 atom stereocenters. The first-order valence-electron chi connectivity index (χ1n) is 10.3. The number of rotatable bonds is 9. The summed E-state index contributed by atoms with van der Waals surface area (Å²) >= 11 is 0. The topological polar surface area (TPSA) is 126 Å². The lowest BCUT2D eigenvalue weighted by molar-refractivity contribution is -0.142. The molecule has 0 spiro atoms. The Bertz CT molecular complexity index is 1330. The monoisotopic (exact) mass is 432 g/mol. The number of nitrogens with one attached hydrogen (secondary N) is 3. The van der Waals surface area contributed by atoms with Gasteiger partial charge in [-0.15, -0.1) is 0 Å². The Balaban J connectivity index is 1.47. The van der Waals surface area contributed by atoms with Crippen molar-refractivity contribution in [2.45, 2.75) is 18.9 Å². The van der Waals surface area contributed by atoms with Crippen LogP contribution in [0.1, 0.15) is 11.1 Å². The first-order valence-corrected chi connectivity index (χ1v) is 10.3. The van der Waals surface area contributed by atoms with E-state index in [9.17, 15) is 14.4 Å². The van der Waals surface area contributed by atoms with Gasteiger partial charge in [-0.25, -0.2) is 0 Å². The Morgan fingerprint density at radius 2 is 1.75 bits per heavy atom. The molecular formula is C24H24N4O4. The number of esters is 1. The number of aromatic nitrogens is 1. The molecule has 1 aromatic heterocycles. The second-order valence-corrected chi connectivity index (χ2v) is 7.56. The van der Waals surface area contributed by atoms with E-state index in [1.807, 2.05) is 36.5 Å². The van der Waals surface area contributed by atoms with Crippen LogP contribution in [-0.4, -0.2) is 30.6 Å². The molecule has 0 amide bonds. The van der Waals surface area contributed by atoms with Gasteiger partial charge in [-0.05, 0) is 29.7 Å². The van der Waals surface area contributed by atoms with E-state index in [4.69, 9.17) is 5.73 Å². The van der Waals surface area contributed by atoms with Crippen molar-refractivity contribution in [3.8, 4) is 0 Å². The van der Waals surface area contributed by atoms with Crippen LogP contribution in [0.25, 0.3) is 10.9 Å². The molecule has 0 saturated heterocycles. The van der Waals surface area contributed by atoms with Gasteiger partial charge in [0, 0.05) is 35.8 Å². The molecule has 8 nitrogen and oxygen atoms in total. The number of benzene rings is 2. The van der Waals surface area contributed by atoms with Gasteiger partial charge in [-0.1, -0.05) is 36.4 Å². The molecule has 4 aromatic rings. The molecule has 3 aromatic carbocycles. The van der Waals surface area contributed by atoms with Crippen LogP contribution in [0.5, 0.6) is 0 Å². The molecule has 0 saturated carbocycles. The highest BCUT2D eigenvalue weighted by atomic mass is 16.5. The van der Waals surface area contributed by atoms with E-state index in [0.717, 1.165) is 22.0 Å². The van der Waals surface area contributed by atoms with Crippen LogP contribution in [0.4, 0.5) is 17.1 Å². The molecule has 0 unspecified atom stereocenters. The maximum absolute atomic E-state index is 12.2. The second kappa shape index (κ2) is 9.07. The van der Waals surface area contributed by atoms with Crippen LogP contribution in [-0.2, 0) is 22.4 Å². The van der Waals surface area contributed by atoms with E-state index >= 15 is 0 Å². The van der Waals surface area contributed by atoms with Crippen LogP contribution in [0.15, 0.2) is 64.3 Å². The smallest absolute Gasteiger partial charge is 0.322 e. The van der Waals surface area contributed by atoms with Crippen molar-refractivity contribution < 1.29 is 9.53 Å². The first kappa shape index (κ1) is 21.3. The number of H-pyrrole nitrogens is 1. The van der Waals surface area contributed by atoms with Gasteiger partial charge in [0.25, 0.3) is 10.9 Å². The average molecular weight is 432 g/mol. The first-order chi connectivity index (χ1) is 15.5. The quantitative estimate of drug-likeness (QED) is 0.236. The fraction of sp³-hybridized carbons (Fsp3) is 0.208. The van der Waals surface area contributed by atoms with E-state index in [1.54, 1.807) is 18.2 Å². The normalized spacial score (nSPS) is 12.1. The molecule has 8 heteroatoms. The summed E-state index contributed by atoms with van der Waals surface area (Å²) in [6, 6.07) is 14.4. The van der Waals surface area contributed by atoms with Gasteiger partial charge in [0.2, 0.25) is 0 Å². The van der Waals surface area contributed by atoms with Gasteiger partial charge in [0.15, 0.2) is 0 Å². The minimum atomic E-state index is -0.829. The molecule has 0 aliphatic carbocycles. The summed E-state index contributed by atoms with van der Waals surface area (Å²) in [7, 11) is 1.28. The Labute approximate surface area is 184 Å². The number of carbonyl (C=O) groups excluding carboxylic acids is 1. The van der Waals surface area contributed by atoms with E-state index in [1.165, 1.54) is 7.11 Å². The fourth-order valence-corrected chi connectivity index (χ4v) is 3.77. The molecule has 0 radical (unpaired) electrons. The molecular weight excluding hydrogens is 408 g/mol. The predicted molar refractivity (Wildman–Crippen MR) is 125 cm³/mol. The predicted octanol–water partition coefficient (Wildman–Crippen LogP) is 2.20. The summed E-state index contributed by atoms with van der Waals surface area (Å²) in [6.45, 7) is 0.496. The lowest BCUT2D eigenvalue weighted by atomic mass is 10.0. The maximum Gasteiger partial charge on any atom is 0.322 e. The highest BCUT2D eigenvalue weighted by Crippen LogP contribution is 2.25. The van der Waals surface area contributed by atoms with Crippen molar-refractivity contribution >= 4 is 33.9 Å². The van der Waals surface area contributed by atoms with Gasteiger partial charge in [-0.2, -0.15) is 0 Å². The Kier molecular flexibility index (Phi) is 6.04. The Morgan fingerprint density at radius 3 is 2.56 bits per heavy atom. The molecule has 5 N–H and O–H groups in total. The highest BCUT2D eigenvalue weighted by molar-refractivity contribution is 5.83. The molecule has 0 bridgehead atoms. The molecule has 4 rings (SSSR count). The number of aromatic amines is 1. The third-order valence-corrected chi connectivity index (χ3v) is 5.50. The van der Waals surface area contributed by atoms with E-state index in [0.29, 0.717) is 18.7 Å². The van der Waals surface area contributed by atoms with E-state index in [2.05, 4.69) is 20.4 Å². The molecule has 32 heavy (non-hydrogen) atoms. The van der Waals surface area contributed by atoms with Crippen LogP contribution < -0.4 is 27.2 Å². The van der Waals surface area contributed by atoms with Crippen molar-refractivity contribution in [1.29, 1.82) is 0 Å². The third kappa shape index (κ3) is 4.13. The number of carbonyl (C=O) groups is 1. The third-order valence-electron chi connectivity index (χ3n) is 5.50. The lowest BCUT2D eigenvalue weighted by Gasteiger charge is -2.18. The summed E-state index contributed by atoms with van der Waals surface area (Å²) < 4.78 is 4.68. The highest BCUT2D eigenvalue weighted by Gasteiger charge is 2.22. The number of ether oxygens (including phenoxy) is 1. The molecule has 0 fully saturated rings. The van der Waals surface area contributed by atoms with Gasteiger partial charge in [0.05, 0.1) is 7.11 Å². The van der Waals surface area contributed by atoms with Gasteiger partial charge < -0.3 is 26.1 Å². The zero-order valence-electron chi connectivity index (χ0n) is 17.6. The summed E-state index contributed by atoms with van der Waals surface area (Å²) in [5.41, 5.74) is 8.78. The van der Waals surface area contributed by atoms with Crippen molar-refractivity contribution in [1.82, 2.24) is 4.98 Å². The Hall–Kier alpha value is -3.91. The van der Waals surface area contributed by atoms with Gasteiger partial charge in [-0.3, -0.25) is 14.4 Å². The van der Waals surface area contributed by atoms with Crippen molar-refractivity contribution in [3.63, 3.8) is 0 Å². The second-order valence-electron chi connectivity index (χ2n) is 7.56. The largest absolute Gasteiger partial charge is 0.468 e. The van der Waals surface area contributed by atoms with Crippen LogP contribution >= 0.6 is 0 Å². The van der Waals surface area contributed by atoms with Crippen LogP contribution in [0.3, 0.4) is 0 Å². The number of hydrogen-bond acceptors (Lipinski definition) is 7. The van der Waals surface area contributed by atoms with Crippen LogP contribution in [0.2, 0.25) is 0 Å². The van der Waals surface area contributed by atoms with Gasteiger partial charge >= 0.3 is 5.97 Å². The molecule has 1 heterocycles. The van der Waals surface area contributed by atoms with E-state index in [-0.39, 0.29) is 17.8 Å². The minimum absolute atomic E-state index is 0.216. The fourth-order valence-electron chi connectivity index (χ4n) is 3.77. The summed E-state index contributed by atoms with van der Waals surface area (Å²) in [6.07, 6.45) is 2.87. The molecule has 0 aliphatic rings. The number of nitrogens with two attached hydrogens (primary N) is 1. The zero-order valence-corrected chi connectivity index (χ0v) is 17.6. The van der Waals surface area contributed by atoms with Gasteiger partial charge in [0.1, 0.15) is 17.4 Å². The number of fused-ring (bicyclic) bond motifs is 1.